The Morgan fingerprint density at radius 2 is 1.40 bits per heavy atom. The van der Waals surface area contributed by atoms with Gasteiger partial charge < -0.3 is 25.7 Å². The summed E-state index contributed by atoms with van der Waals surface area (Å²) in [6.07, 6.45) is 2.79. The van der Waals surface area contributed by atoms with Crippen LogP contribution in [0.15, 0.2) is 85.1 Å². The average molecular weight is 611 g/mol. The molecule has 1 heterocycles. The normalized spacial score (nSPS) is 11.0. The number of aliphatic carboxylic acids is 3. The number of nitrogens with one attached hydrogen (secondary N) is 1. The van der Waals surface area contributed by atoms with Gasteiger partial charge in [-0.3, -0.25) is 19.4 Å². The lowest BCUT2D eigenvalue weighted by molar-refractivity contribution is -0.170. The number of benzene rings is 3. The van der Waals surface area contributed by atoms with Gasteiger partial charge in [0.1, 0.15) is 0 Å². The first-order valence-electron chi connectivity index (χ1n) is 12.1. The predicted molar refractivity (Wildman–Crippen MR) is 158 cm³/mol. The molecule has 5 N–H and O–H groups in total. The highest BCUT2D eigenvalue weighted by atomic mass is 35.5. The summed E-state index contributed by atoms with van der Waals surface area (Å²) in [5.41, 5.74) is 1.43. The third-order valence-corrected chi connectivity index (χ3v) is 6.22. The molecule has 0 unspecified atom stereocenters. The number of carboxylic acid groups (broad SMARTS) is 3. The highest BCUT2D eigenvalue weighted by Gasteiger charge is 2.40. The first-order valence-corrected chi connectivity index (χ1v) is 12.9. The van der Waals surface area contributed by atoms with Crippen molar-refractivity contribution in [3.8, 4) is 0 Å². The second kappa shape index (κ2) is 14.2. The van der Waals surface area contributed by atoms with Gasteiger partial charge in [-0.15, -0.1) is 0 Å². The summed E-state index contributed by atoms with van der Waals surface area (Å²) in [5.74, 6) is -5.08. The Bertz CT molecular complexity index is 1620. The zero-order valence-corrected chi connectivity index (χ0v) is 23.2. The molecule has 216 valence electrons. The summed E-state index contributed by atoms with van der Waals surface area (Å²) in [6, 6.07) is 22.2. The first kappa shape index (κ1) is 31.8. The second-order valence-electron chi connectivity index (χ2n) is 8.95. The Hall–Kier alpha value is -4.77. The molecule has 0 aliphatic carbocycles. The molecule has 1 aromatic heterocycles. The van der Waals surface area contributed by atoms with Gasteiger partial charge in [-0.2, -0.15) is 0 Å². The number of carbonyl (C=O) groups is 4. The van der Waals surface area contributed by atoms with E-state index in [1.807, 2.05) is 48.5 Å². The van der Waals surface area contributed by atoms with E-state index in [1.54, 1.807) is 42.6 Å². The molecule has 4 rings (SSSR count). The number of allylic oxidation sites excluding steroid dienone is 1. The Morgan fingerprint density at radius 3 is 1.98 bits per heavy atom. The molecule has 0 atom stereocenters. The first-order chi connectivity index (χ1) is 19.9. The molecule has 42 heavy (non-hydrogen) atoms. The summed E-state index contributed by atoms with van der Waals surface area (Å²) >= 11 is 11.9. The van der Waals surface area contributed by atoms with Crippen LogP contribution in [-0.2, 0) is 14.4 Å². The predicted octanol–water partition coefficient (Wildman–Crippen LogP) is 5.93. The van der Waals surface area contributed by atoms with E-state index in [2.05, 4.69) is 10.3 Å². The Kier molecular flexibility index (Phi) is 10.8. The van der Waals surface area contributed by atoms with Crippen molar-refractivity contribution >= 4 is 75.2 Å². The van der Waals surface area contributed by atoms with Crippen LogP contribution in [0.2, 0.25) is 10.0 Å². The molecule has 0 spiro atoms. The molecule has 0 aliphatic rings. The summed E-state index contributed by atoms with van der Waals surface area (Å²) in [7, 11) is 0. The van der Waals surface area contributed by atoms with Gasteiger partial charge >= 0.3 is 17.9 Å². The number of carbonyl (C=O) groups excluding carboxylic acids is 1. The summed E-state index contributed by atoms with van der Waals surface area (Å²) in [6.45, 7) is 0. The van der Waals surface area contributed by atoms with E-state index < -0.39 is 36.4 Å². The molecule has 0 aliphatic heterocycles. The number of aliphatic hydroxyl groups is 1. The molecular formula is C30H24Cl2N2O8. The molecule has 0 saturated carbocycles. The van der Waals surface area contributed by atoms with Crippen LogP contribution in [0, 0.1) is 0 Å². The smallest absolute Gasteiger partial charge is 0.336 e. The largest absolute Gasteiger partial charge is 0.481 e. The molecule has 3 aromatic carbocycles. The number of anilines is 2. The maximum Gasteiger partial charge on any atom is 0.336 e. The lowest BCUT2D eigenvalue weighted by Gasteiger charge is -2.18. The van der Waals surface area contributed by atoms with Crippen LogP contribution >= 0.6 is 23.2 Å². The fourth-order valence-corrected chi connectivity index (χ4v) is 3.95. The monoisotopic (exact) mass is 610 g/mol. The number of hydrogen-bond donors (Lipinski definition) is 5. The second-order valence-corrected chi connectivity index (χ2v) is 9.82. The number of carboxylic acids is 3. The summed E-state index contributed by atoms with van der Waals surface area (Å²) < 4.78 is 0. The van der Waals surface area contributed by atoms with Crippen LogP contribution in [0.3, 0.4) is 0 Å². The van der Waals surface area contributed by atoms with E-state index in [0.29, 0.717) is 15.6 Å². The fourth-order valence-electron chi connectivity index (χ4n) is 3.66. The Morgan fingerprint density at radius 1 is 0.810 bits per heavy atom. The maximum atomic E-state index is 12.4. The number of rotatable bonds is 10. The number of fused-ring (bicyclic) bond motifs is 1. The van der Waals surface area contributed by atoms with Crippen LogP contribution in [0.5, 0.6) is 0 Å². The number of nitrogens with zero attached hydrogens (tertiary/aromatic N) is 1. The topological polar surface area (TPSA) is 174 Å². The summed E-state index contributed by atoms with van der Waals surface area (Å²) in [5, 5.41) is 39.5. The van der Waals surface area contributed by atoms with E-state index >= 15 is 0 Å². The SMILES string of the molecule is O=C(/C=C/c1ccc(Cl)cc1)c1ccc(Nc2ccnc3cc(Cl)ccc23)cc1.O=C(O)CC(O)(CC(=O)O)C(=O)O. The molecule has 0 amide bonds. The minimum absolute atomic E-state index is 0.0597. The number of hydrogen-bond acceptors (Lipinski definition) is 7. The van der Waals surface area contributed by atoms with Crippen molar-refractivity contribution < 1.29 is 39.6 Å². The van der Waals surface area contributed by atoms with Crippen molar-refractivity contribution in [1.29, 1.82) is 0 Å². The molecular weight excluding hydrogens is 587 g/mol. The molecule has 0 saturated heterocycles. The lowest BCUT2D eigenvalue weighted by atomic mass is 9.96. The van der Waals surface area contributed by atoms with Crippen LogP contribution in [-0.4, -0.2) is 54.7 Å². The van der Waals surface area contributed by atoms with Crippen LogP contribution in [0.4, 0.5) is 11.4 Å². The third kappa shape index (κ3) is 9.13. The van der Waals surface area contributed by atoms with Gasteiger partial charge in [0.15, 0.2) is 11.4 Å². The lowest BCUT2D eigenvalue weighted by Crippen LogP contribution is -2.42. The molecule has 10 nitrogen and oxygen atoms in total. The van der Waals surface area contributed by atoms with Crippen molar-refractivity contribution in [1.82, 2.24) is 4.98 Å². The van der Waals surface area contributed by atoms with Crippen molar-refractivity contribution in [2.24, 2.45) is 0 Å². The maximum absolute atomic E-state index is 12.4. The number of ketones is 1. The molecule has 4 aromatic rings. The Labute approximate surface area is 249 Å². The van der Waals surface area contributed by atoms with Crippen LogP contribution in [0.1, 0.15) is 28.8 Å². The standard InChI is InChI=1S/C24H16Cl2N2O.C6H8O7/c25-18-6-1-16(2-7-18)3-12-24(29)17-4-9-20(10-5-17)28-22-13-14-27-23-15-19(26)8-11-21(22)23;7-3(8)1-6(13,5(11)12)2-4(9)10/h1-15H,(H,27,28);13H,1-2H2,(H,7,8)(H,9,10)(H,11,12)/b12-3+;. The minimum Gasteiger partial charge on any atom is -0.481 e. The van der Waals surface area contributed by atoms with Crippen molar-refractivity contribution in [2.45, 2.75) is 18.4 Å². The Balaban J connectivity index is 0.000000316. The van der Waals surface area contributed by atoms with Gasteiger partial charge in [0.2, 0.25) is 0 Å². The van der Waals surface area contributed by atoms with E-state index in [-0.39, 0.29) is 5.78 Å². The van der Waals surface area contributed by atoms with Gasteiger partial charge in [0.05, 0.1) is 18.4 Å². The van der Waals surface area contributed by atoms with Gasteiger partial charge in [-0.05, 0) is 72.3 Å². The molecule has 0 radical (unpaired) electrons. The third-order valence-electron chi connectivity index (χ3n) is 5.74. The van der Waals surface area contributed by atoms with Crippen molar-refractivity contribution in [3.05, 3.63) is 106 Å². The van der Waals surface area contributed by atoms with Crippen molar-refractivity contribution in [2.75, 3.05) is 5.32 Å². The molecule has 0 bridgehead atoms. The van der Waals surface area contributed by atoms with Crippen molar-refractivity contribution in [3.63, 3.8) is 0 Å². The van der Waals surface area contributed by atoms with E-state index in [1.165, 1.54) is 0 Å². The van der Waals surface area contributed by atoms with Gasteiger partial charge in [0.25, 0.3) is 0 Å². The van der Waals surface area contributed by atoms with E-state index in [9.17, 15) is 19.2 Å². The zero-order valence-electron chi connectivity index (χ0n) is 21.7. The molecule has 12 heteroatoms. The quantitative estimate of drug-likeness (QED) is 0.107. The van der Waals surface area contributed by atoms with E-state index in [4.69, 9.17) is 43.6 Å². The fraction of sp³-hybridized carbons (Fsp3) is 0.100. The highest BCUT2D eigenvalue weighted by molar-refractivity contribution is 6.31. The van der Waals surface area contributed by atoms with Crippen LogP contribution in [0.25, 0.3) is 17.0 Å². The summed E-state index contributed by atoms with van der Waals surface area (Å²) in [4.78, 5) is 47.2. The van der Waals surface area contributed by atoms with Gasteiger partial charge in [-0.25, -0.2) is 4.79 Å². The number of pyridine rings is 1. The number of aromatic nitrogens is 1. The van der Waals surface area contributed by atoms with E-state index in [0.717, 1.165) is 27.8 Å². The zero-order chi connectivity index (χ0) is 30.9. The average Bonchev–Trinajstić information content (AvgIpc) is 2.92. The van der Waals surface area contributed by atoms with Gasteiger partial charge in [-0.1, -0.05) is 41.4 Å². The number of halogens is 2. The van der Waals surface area contributed by atoms with Gasteiger partial charge in [0, 0.05) is 38.6 Å². The highest BCUT2D eigenvalue weighted by Crippen LogP contribution is 2.27. The minimum atomic E-state index is -2.74. The van der Waals surface area contributed by atoms with Crippen LogP contribution < -0.4 is 5.32 Å². The molecule has 0 fully saturated rings.